The van der Waals surface area contributed by atoms with Crippen LogP contribution in [0.15, 0.2) is 54.6 Å². The first-order valence-corrected chi connectivity index (χ1v) is 6.89. The molecule has 0 aliphatic heterocycles. The summed E-state index contributed by atoms with van der Waals surface area (Å²) in [5.74, 6) is 0.869. The molecule has 0 bridgehead atoms. The molecule has 20 heavy (non-hydrogen) atoms. The molecular weight excluding hydrogens is 250 g/mol. The minimum absolute atomic E-state index is 0.479. The van der Waals surface area contributed by atoms with Crippen LogP contribution in [0, 0.1) is 6.92 Å². The molecule has 0 saturated heterocycles. The second-order valence-corrected chi connectivity index (χ2v) is 4.79. The second kappa shape index (κ2) is 7.68. The molecule has 3 nitrogen and oxygen atoms in total. The first-order valence-electron chi connectivity index (χ1n) is 6.89. The quantitative estimate of drug-likeness (QED) is 0.761. The zero-order chi connectivity index (χ0) is 14.2. The van der Waals surface area contributed by atoms with Crippen LogP contribution in [-0.2, 0) is 0 Å². The van der Waals surface area contributed by atoms with Crippen molar-refractivity contribution in [3.8, 4) is 5.75 Å². The molecular formula is C17H21NO2. The number of rotatable bonds is 7. The molecule has 2 rings (SSSR count). The van der Waals surface area contributed by atoms with E-state index in [1.165, 1.54) is 5.56 Å². The predicted octanol–water partition coefficient (Wildman–Crippen LogP) is 2.70. The third-order valence-electron chi connectivity index (χ3n) is 3.09. The Morgan fingerprint density at radius 3 is 2.45 bits per heavy atom. The number of aliphatic hydroxyl groups excluding tert-OH is 1. The minimum atomic E-state index is -0.479. The molecule has 0 fully saturated rings. The van der Waals surface area contributed by atoms with E-state index in [4.69, 9.17) is 4.74 Å². The topological polar surface area (TPSA) is 41.5 Å². The molecule has 0 aliphatic carbocycles. The van der Waals surface area contributed by atoms with Crippen LogP contribution in [0.2, 0.25) is 0 Å². The van der Waals surface area contributed by atoms with Gasteiger partial charge in [0.05, 0.1) is 6.10 Å². The number of benzene rings is 2. The Kier molecular flexibility index (Phi) is 5.59. The third kappa shape index (κ3) is 4.68. The Morgan fingerprint density at radius 1 is 1.05 bits per heavy atom. The summed E-state index contributed by atoms with van der Waals surface area (Å²) in [6.45, 7) is 3.86. The van der Waals surface area contributed by atoms with E-state index in [9.17, 15) is 5.11 Å². The Balaban J connectivity index is 1.64. The van der Waals surface area contributed by atoms with Crippen molar-refractivity contribution in [2.45, 2.75) is 13.0 Å². The van der Waals surface area contributed by atoms with Crippen LogP contribution in [0.25, 0.3) is 0 Å². The highest BCUT2D eigenvalue weighted by molar-refractivity contribution is 5.23. The lowest BCUT2D eigenvalue weighted by molar-refractivity contribution is 0.172. The highest BCUT2D eigenvalue weighted by atomic mass is 16.5. The zero-order valence-corrected chi connectivity index (χ0v) is 11.8. The molecule has 0 heterocycles. The summed E-state index contributed by atoms with van der Waals surface area (Å²) in [7, 11) is 0. The molecule has 0 spiro atoms. The average molecular weight is 271 g/mol. The largest absolute Gasteiger partial charge is 0.492 e. The number of ether oxygens (including phenoxy) is 1. The zero-order valence-electron chi connectivity index (χ0n) is 11.8. The lowest BCUT2D eigenvalue weighted by Gasteiger charge is -2.13. The van der Waals surface area contributed by atoms with Crippen LogP contribution in [-0.4, -0.2) is 24.8 Å². The lowest BCUT2D eigenvalue weighted by atomic mass is 10.1. The van der Waals surface area contributed by atoms with Crippen LogP contribution in [0.5, 0.6) is 5.75 Å². The lowest BCUT2D eigenvalue weighted by Crippen LogP contribution is -2.26. The fourth-order valence-electron chi connectivity index (χ4n) is 1.90. The monoisotopic (exact) mass is 271 g/mol. The van der Waals surface area contributed by atoms with Gasteiger partial charge in [-0.25, -0.2) is 0 Å². The summed E-state index contributed by atoms with van der Waals surface area (Å²) in [4.78, 5) is 0. The van der Waals surface area contributed by atoms with Gasteiger partial charge in [0.25, 0.3) is 0 Å². The van der Waals surface area contributed by atoms with Crippen molar-refractivity contribution < 1.29 is 9.84 Å². The first-order chi connectivity index (χ1) is 9.75. The standard InChI is InChI=1S/C17H21NO2/c1-14-7-9-15(10-8-14)17(19)13-18-11-12-20-16-5-3-2-4-6-16/h2-10,17-19H,11-13H2,1H3. The van der Waals surface area contributed by atoms with Crippen molar-refractivity contribution in [1.82, 2.24) is 5.32 Å². The molecule has 2 aromatic carbocycles. The van der Waals surface area contributed by atoms with Crippen molar-refractivity contribution in [1.29, 1.82) is 0 Å². The Bertz CT molecular complexity index is 496. The van der Waals surface area contributed by atoms with Gasteiger partial charge < -0.3 is 15.2 Å². The smallest absolute Gasteiger partial charge is 0.119 e. The van der Waals surface area contributed by atoms with Crippen molar-refractivity contribution in [3.05, 3.63) is 65.7 Å². The van der Waals surface area contributed by atoms with Gasteiger partial charge in [0.1, 0.15) is 12.4 Å². The van der Waals surface area contributed by atoms with E-state index >= 15 is 0 Å². The van der Waals surface area contributed by atoms with E-state index in [0.717, 1.165) is 11.3 Å². The predicted molar refractivity (Wildman–Crippen MR) is 80.9 cm³/mol. The highest BCUT2D eigenvalue weighted by Gasteiger charge is 2.05. The molecule has 3 heteroatoms. The number of aliphatic hydroxyl groups is 1. The summed E-state index contributed by atoms with van der Waals surface area (Å²) in [5.41, 5.74) is 2.14. The van der Waals surface area contributed by atoms with Gasteiger partial charge in [0, 0.05) is 13.1 Å². The maximum absolute atomic E-state index is 10.0. The number of para-hydroxylation sites is 1. The van der Waals surface area contributed by atoms with Crippen LogP contribution in [0.1, 0.15) is 17.2 Å². The Morgan fingerprint density at radius 2 is 1.75 bits per heavy atom. The van der Waals surface area contributed by atoms with E-state index in [-0.39, 0.29) is 0 Å². The molecule has 0 amide bonds. The van der Waals surface area contributed by atoms with Gasteiger partial charge in [0.2, 0.25) is 0 Å². The molecule has 2 N–H and O–H groups in total. The first kappa shape index (κ1) is 14.6. The molecule has 0 radical (unpaired) electrons. The molecule has 2 aromatic rings. The SMILES string of the molecule is Cc1ccc(C(O)CNCCOc2ccccc2)cc1. The molecule has 1 unspecified atom stereocenters. The summed E-state index contributed by atoms with van der Waals surface area (Å²) in [6.07, 6.45) is -0.479. The van der Waals surface area contributed by atoms with Crippen molar-refractivity contribution >= 4 is 0 Å². The average Bonchev–Trinajstić information content (AvgIpc) is 2.48. The Hall–Kier alpha value is -1.84. The van der Waals surface area contributed by atoms with Gasteiger partial charge in [-0.3, -0.25) is 0 Å². The van der Waals surface area contributed by atoms with Gasteiger partial charge in [-0.15, -0.1) is 0 Å². The number of nitrogens with one attached hydrogen (secondary N) is 1. The van der Waals surface area contributed by atoms with E-state index < -0.39 is 6.10 Å². The van der Waals surface area contributed by atoms with Gasteiger partial charge in [-0.1, -0.05) is 48.0 Å². The summed E-state index contributed by atoms with van der Waals surface area (Å²) in [5, 5.41) is 13.2. The molecule has 106 valence electrons. The summed E-state index contributed by atoms with van der Waals surface area (Å²) >= 11 is 0. The number of hydrogen-bond donors (Lipinski definition) is 2. The van der Waals surface area contributed by atoms with Gasteiger partial charge >= 0.3 is 0 Å². The summed E-state index contributed by atoms with van der Waals surface area (Å²) < 4.78 is 5.57. The second-order valence-electron chi connectivity index (χ2n) is 4.79. The van der Waals surface area contributed by atoms with Crippen molar-refractivity contribution in [2.24, 2.45) is 0 Å². The van der Waals surface area contributed by atoms with Gasteiger partial charge in [-0.2, -0.15) is 0 Å². The molecule has 0 aliphatic rings. The van der Waals surface area contributed by atoms with Crippen molar-refractivity contribution in [3.63, 3.8) is 0 Å². The van der Waals surface area contributed by atoms with Crippen LogP contribution in [0.4, 0.5) is 0 Å². The maximum atomic E-state index is 10.0. The van der Waals surface area contributed by atoms with Crippen LogP contribution in [0.3, 0.4) is 0 Å². The van der Waals surface area contributed by atoms with E-state index in [0.29, 0.717) is 19.7 Å². The van der Waals surface area contributed by atoms with Crippen LogP contribution < -0.4 is 10.1 Å². The van der Waals surface area contributed by atoms with E-state index in [2.05, 4.69) is 5.32 Å². The van der Waals surface area contributed by atoms with Gasteiger partial charge in [0.15, 0.2) is 0 Å². The number of aryl methyl sites for hydroxylation is 1. The van der Waals surface area contributed by atoms with Crippen molar-refractivity contribution in [2.75, 3.05) is 19.7 Å². The van der Waals surface area contributed by atoms with E-state index in [1.807, 2.05) is 61.5 Å². The number of hydrogen-bond acceptors (Lipinski definition) is 3. The maximum Gasteiger partial charge on any atom is 0.119 e. The third-order valence-corrected chi connectivity index (χ3v) is 3.09. The highest BCUT2D eigenvalue weighted by Crippen LogP contribution is 2.12. The summed E-state index contributed by atoms with van der Waals surface area (Å²) in [6, 6.07) is 17.7. The normalized spacial score (nSPS) is 12.1. The van der Waals surface area contributed by atoms with E-state index in [1.54, 1.807) is 0 Å². The van der Waals surface area contributed by atoms with Gasteiger partial charge in [-0.05, 0) is 24.6 Å². The Labute approximate surface area is 120 Å². The molecule has 0 saturated carbocycles. The molecule has 1 atom stereocenters. The fourth-order valence-corrected chi connectivity index (χ4v) is 1.90. The molecule has 0 aromatic heterocycles. The van der Waals surface area contributed by atoms with Crippen LogP contribution >= 0.6 is 0 Å². The minimum Gasteiger partial charge on any atom is -0.492 e. The fraction of sp³-hybridized carbons (Fsp3) is 0.294.